The van der Waals surface area contributed by atoms with E-state index in [0.717, 1.165) is 0 Å². The van der Waals surface area contributed by atoms with Crippen LogP contribution in [0.3, 0.4) is 0 Å². The van der Waals surface area contributed by atoms with Crippen molar-refractivity contribution in [1.82, 2.24) is 0 Å². The predicted molar refractivity (Wildman–Crippen MR) is 81.4 cm³/mol. The van der Waals surface area contributed by atoms with E-state index in [1.807, 2.05) is 0 Å². The molecule has 110 valence electrons. The molecule has 0 heterocycles. The van der Waals surface area contributed by atoms with E-state index < -0.39 is 11.9 Å². The number of benzene rings is 2. The van der Waals surface area contributed by atoms with Gasteiger partial charge in [-0.05, 0) is 42.2 Å². The lowest BCUT2D eigenvalue weighted by atomic mass is 9.92. The van der Waals surface area contributed by atoms with Crippen LogP contribution in [0.4, 0.5) is 4.39 Å². The van der Waals surface area contributed by atoms with E-state index in [-0.39, 0.29) is 18.7 Å². The molecule has 0 aliphatic carbocycles. The Bertz CT molecular complexity index is 658. The SMILES string of the molecule is O=C(O)C(Cc1cccc(F)c1)Cc1cccc(Cl)c1Cl. The zero-order valence-corrected chi connectivity index (χ0v) is 12.5. The maximum Gasteiger partial charge on any atom is 0.307 e. The summed E-state index contributed by atoms with van der Waals surface area (Å²) in [6, 6.07) is 11.1. The van der Waals surface area contributed by atoms with Crippen molar-refractivity contribution in [3.8, 4) is 0 Å². The fraction of sp³-hybridized carbons (Fsp3) is 0.188. The topological polar surface area (TPSA) is 37.3 Å². The van der Waals surface area contributed by atoms with Gasteiger partial charge in [-0.15, -0.1) is 0 Å². The first-order valence-corrected chi connectivity index (χ1v) is 7.13. The van der Waals surface area contributed by atoms with Crippen molar-refractivity contribution in [1.29, 1.82) is 0 Å². The number of halogens is 3. The second kappa shape index (κ2) is 6.92. The Kier molecular flexibility index (Phi) is 5.21. The summed E-state index contributed by atoms with van der Waals surface area (Å²) in [4.78, 5) is 11.4. The van der Waals surface area contributed by atoms with Crippen molar-refractivity contribution in [3.05, 3.63) is 69.5 Å². The largest absolute Gasteiger partial charge is 0.481 e. The zero-order valence-electron chi connectivity index (χ0n) is 11.0. The summed E-state index contributed by atoms with van der Waals surface area (Å²) >= 11 is 12.0. The summed E-state index contributed by atoms with van der Waals surface area (Å²) in [5.41, 5.74) is 1.31. The van der Waals surface area contributed by atoms with Gasteiger partial charge in [-0.2, -0.15) is 0 Å². The van der Waals surface area contributed by atoms with Crippen molar-refractivity contribution in [3.63, 3.8) is 0 Å². The van der Waals surface area contributed by atoms with E-state index in [9.17, 15) is 14.3 Å². The maximum atomic E-state index is 13.2. The van der Waals surface area contributed by atoms with Crippen LogP contribution in [-0.4, -0.2) is 11.1 Å². The average Bonchev–Trinajstić information content (AvgIpc) is 2.43. The molecule has 2 rings (SSSR count). The van der Waals surface area contributed by atoms with Gasteiger partial charge in [-0.25, -0.2) is 4.39 Å². The Labute approximate surface area is 132 Å². The Hall–Kier alpha value is -1.58. The third-order valence-electron chi connectivity index (χ3n) is 3.22. The number of rotatable bonds is 5. The molecule has 5 heteroatoms. The van der Waals surface area contributed by atoms with Gasteiger partial charge in [0.2, 0.25) is 0 Å². The third-order valence-corrected chi connectivity index (χ3v) is 4.08. The van der Waals surface area contributed by atoms with E-state index >= 15 is 0 Å². The molecule has 0 spiro atoms. The Morgan fingerprint density at radius 3 is 2.52 bits per heavy atom. The number of carboxylic acid groups (broad SMARTS) is 1. The Balaban J connectivity index is 2.20. The van der Waals surface area contributed by atoms with Crippen LogP contribution < -0.4 is 0 Å². The van der Waals surface area contributed by atoms with Crippen LogP contribution in [0.5, 0.6) is 0 Å². The summed E-state index contributed by atoms with van der Waals surface area (Å²) < 4.78 is 13.2. The van der Waals surface area contributed by atoms with Gasteiger partial charge in [-0.3, -0.25) is 4.79 Å². The minimum Gasteiger partial charge on any atom is -0.481 e. The lowest BCUT2D eigenvalue weighted by Crippen LogP contribution is -2.19. The first-order valence-electron chi connectivity index (χ1n) is 6.37. The highest BCUT2D eigenvalue weighted by Gasteiger charge is 2.20. The standard InChI is InChI=1S/C16H13Cl2FO2/c17-14-6-2-4-11(15(14)18)9-12(16(20)21)7-10-3-1-5-13(19)8-10/h1-6,8,12H,7,9H2,(H,20,21). The van der Waals surface area contributed by atoms with Crippen LogP contribution in [0.25, 0.3) is 0 Å². The van der Waals surface area contributed by atoms with Crippen LogP contribution in [0.2, 0.25) is 10.0 Å². The van der Waals surface area contributed by atoms with Gasteiger partial charge in [0.15, 0.2) is 0 Å². The summed E-state index contributed by atoms with van der Waals surface area (Å²) in [7, 11) is 0. The fourth-order valence-electron chi connectivity index (χ4n) is 2.17. The molecule has 2 nitrogen and oxygen atoms in total. The van der Waals surface area contributed by atoms with Gasteiger partial charge in [0.25, 0.3) is 0 Å². The second-order valence-electron chi connectivity index (χ2n) is 4.79. The molecule has 0 amide bonds. The maximum absolute atomic E-state index is 13.2. The highest BCUT2D eigenvalue weighted by Crippen LogP contribution is 2.28. The minimum absolute atomic E-state index is 0.232. The molecule has 0 aliphatic rings. The Morgan fingerprint density at radius 1 is 1.14 bits per heavy atom. The van der Waals surface area contributed by atoms with E-state index in [1.165, 1.54) is 12.1 Å². The molecule has 0 bridgehead atoms. The van der Waals surface area contributed by atoms with E-state index in [1.54, 1.807) is 30.3 Å². The summed E-state index contributed by atoms with van der Waals surface area (Å²) in [6.45, 7) is 0. The number of hydrogen-bond acceptors (Lipinski definition) is 1. The van der Waals surface area contributed by atoms with Crippen LogP contribution in [0.15, 0.2) is 42.5 Å². The first kappa shape index (κ1) is 15.8. The van der Waals surface area contributed by atoms with E-state index in [0.29, 0.717) is 21.2 Å². The highest BCUT2D eigenvalue weighted by molar-refractivity contribution is 6.42. The highest BCUT2D eigenvalue weighted by atomic mass is 35.5. The van der Waals surface area contributed by atoms with Crippen molar-refractivity contribution in [2.45, 2.75) is 12.8 Å². The van der Waals surface area contributed by atoms with Gasteiger partial charge in [0, 0.05) is 0 Å². The molecule has 0 saturated carbocycles. The fourth-order valence-corrected chi connectivity index (χ4v) is 2.56. The summed E-state index contributed by atoms with van der Waals surface area (Å²) in [5.74, 6) is -2.02. The van der Waals surface area contributed by atoms with Crippen LogP contribution in [0.1, 0.15) is 11.1 Å². The molecule has 0 fully saturated rings. The van der Waals surface area contributed by atoms with Crippen molar-refractivity contribution in [2.75, 3.05) is 0 Å². The molecular weight excluding hydrogens is 314 g/mol. The van der Waals surface area contributed by atoms with Gasteiger partial charge >= 0.3 is 5.97 Å². The molecule has 2 aromatic rings. The molecule has 0 radical (unpaired) electrons. The van der Waals surface area contributed by atoms with Crippen LogP contribution in [-0.2, 0) is 17.6 Å². The summed E-state index contributed by atoms with van der Waals surface area (Å²) in [6.07, 6.45) is 0.473. The second-order valence-corrected chi connectivity index (χ2v) is 5.57. The average molecular weight is 327 g/mol. The normalized spacial score (nSPS) is 12.1. The van der Waals surface area contributed by atoms with Gasteiger partial charge in [0.05, 0.1) is 16.0 Å². The molecule has 2 aromatic carbocycles. The van der Waals surface area contributed by atoms with Gasteiger partial charge in [0.1, 0.15) is 5.82 Å². The minimum atomic E-state index is -0.949. The van der Waals surface area contributed by atoms with E-state index in [2.05, 4.69) is 0 Å². The zero-order chi connectivity index (χ0) is 15.4. The summed E-state index contributed by atoms with van der Waals surface area (Å²) in [5, 5.41) is 10.1. The lowest BCUT2D eigenvalue weighted by Gasteiger charge is -2.14. The number of carboxylic acids is 1. The van der Waals surface area contributed by atoms with Crippen molar-refractivity contribution in [2.24, 2.45) is 5.92 Å². The van der Waals surface area contributed by atoms with Crippen molar-refractivity contribution < 1.29 is 14.3 Å². The lowest BCUT2D eigenvalue weighted by molar-refractivity contribution is -0.141. The quantitative estimate of drug-likeness (QED) is 0.870. The molecule has 0 aliphatic heterocycles. The van der Waals surface area contributed by atoms with Gasteiger partial charge in [-0.1, -0.05) is 47.5 Å². The number of hydrogen-bond donors (Lipinski definition) is 1. The molecule has 1 unspecified atom stereocenters. The Morgan fingerprint density at radius 2 is 1.86 bits per heavy atom. The van der Waals surface area contributed by atoms with Crippen LogP contribution >= 0.6 is 23.2 Å². The van der Waals surface area contributed by atoms with E-state index in [4.69, 9.17) is 23.2 Å². The monoisotopic (exact) mass is 326 g/mol. The molecular formula is C16H13Cl2FO2. The predicted octanol–water partition coefficient (Wildman–Crippen LogP) is 4.62. The molecule has 1 atom stereocenters. The van der Waals surface area contributed by atoms with Crippen LogP contribution in [0, 0.1) is 11.7 Å². The van der Waals surface area contributed by atoms with Crippen molar-refractivity contribution >= 4 is 29.2 Å². The first-order chi connectivity index (χ1) is 9.97. The number of carbonyl (C=O) groups is 1. The molecule has 1 N–H and O–H groups in total. The molecule has 0 saturated heterocycles. The van der Waals surface area contributed by atoms with Gasteiger partial charge < -0.3 is 5.11 Å². The third kappa shape index (κ3) is 4.19. The molecule has 21 heavy (non-hydrogen) atoms. The smallest absolute Gasteiger partial charge is 0.307 e. The molecule has 0 aromatic heterocycles. The number of aliphatic carboxylic acids is 1.